The van der Waals surface area contributed by atoms with E-state index in [1.807, 2.05) is 18.2 Å². The van der Waals surface area contributed by atoms with Crippen molar-refractivity contribution in [2.45, 2.75) is 32.6 Å². The Balaban J connectivity index is 1.62. The molecule has 0 aliphatic heterocycles. The van der Waals surface area contributed by atoms with E-state index >= 15 is 0 Å². The number of nitriles is 1. The zero-order valence-corrected chi connectivity index (χ0v) is 13.5. The predicted molar refractivity (Wildman–Crippen MR) is 93.3 cm³/mol. The molecule has 2 nitrogen and oxygen atoms in total. The zero-order valence-electron chi connectivity index (χ0n) is 13.5. The lowest BCUT2D eigenvalue weighted by atomic mass is 9.91. The summed E-state index contributed by atoms with van der Waals surface area (Å²) in [7, 11) is 0. The molecule has 0 fully saturated rings. The van der Waals surface area contributed by atoms with Crippen molar-refractivity contribution < 1.29 is 4.74 Å². The molecule has 2 aromatic carbocycles. The van der Waals surface area contributed by atoms with Gasteiger partial charge in [-0.3, -0.25) is 0 Å². The van der Waals surface area contributed by atoms with E-state index in [0.29, 0.717) is 6.61 Å². The first-order valence-corrected chi connectivity index (χ1v) is 8.19. The van der Waals surface area contributed by atoms with Gasteiger partial charge in [0.05, 0.1) is 18.2 Å². The number of aryl methyl sites for hydroxylation is 3. The second-order valence-corrected chi connectivity index (χ2v) is 6.00. The summed E-state index contributed by atoms with van der Waals surface area (Å²) in [6.07, 6.45) is 5.92. The molecule has 0 spiro atoms. The topological polar surface area (TPSA) is 33.0 Å². The van der Waals surface area contributed by atoms with Gasteiger partial charge < -0.3 is 4.74 Å². The van der Waals surface area contributed by atoms with E-state index in [1.54, 1.807) is 0 Å². The molecule has 0 aromatic heterocycles. The summed E-state index contributed by atoms with van der Waals surface area (Å²) < 4.78 is 5.99. The van der Waals surface area contributed by atoms with Gasteiger partial charge >= 0.3 is 0 Å². The summed E-state index contributed by atoms with van der Waals surface area (Å²) in [6, 6.07) is 17.0. The van der Waals surface area contributed by atoms with Crippen LogP contribution in [-0.4, -0.2) is 6.61 Å². The largest absolute Gasteiger partial charge is 0.493 e. The van der Waals surface area contributed by atoms with Gasteiger partial charge in [-0.15, -0.1) is 0 Å². The Morgan fingerprint density at radius 2 is 1.96 bits per heavy atom. The van der Waals surface area contributed by atoms with Gasteiger partial charge in [-0.1, -0.05) is 48.0 Å². The van der Waals surface area contributed by atoms with Crippen molar-refractivity contribution in [3.05, 3.63) is 70.8 Å². The molecule has 0 N–H and O–H groups in total. The third-order valence-corrected chi connectivity index (χ3v) is 4.25. The zero-order chi connectivity index (χ0) is 16.1. The van der Waals surface area contributed by atoms with Crippen molar-refractivity contribution in [2.75, 3.05) is 6.61 Å². The molecule has 0 radical (unpaired) electrons. The number of allylic oxidation sites excluding steroid dienone is 2. The first-order chi connectivity index (χ1) is 11.3. The van der Waals surface area contributed by atoms with Crippen molar-refractivity contribution in [1.82, 2.24) is 0 Å². The Morgan fingerprint density at radius 1 is 1.13 bits per heavy atom. The number of fused-ring (bicyclic) bond motifs is 1. The van der Waals surface area contributed by atoms with Crippen LogP contribution in [0.5, 0.6) is 5.75 Å². The SMILES string of the molecule is Cc1ccc(CCCOc2cccc3c2C(C#N)=CCC3)cc1. The fourth-order valence-corrected chi connectivity index (χ4v) is 3.00. The molecule has 1 aliphatic carbocycles. The van der Waals surface area contributed by atoms with Gasteiger partial charge in [0.2, 0.25) is 0 Å². The molecule has 0 saturated heterocycles. The van der Waals surface area contributed by atoms with Crippen LogP contribution in [0.3, 0.4) is 0 Å². The maximum absolute atomic E-state index is 9.33. The molecule has 116 valence electrons. The average Bonchev–Trinajstić information content (AvgIpc) is 2.59. The molecule has 1 aliphatic rings. The van der Waals surface area contributed by atoms with Gasteiger partial charge in [-0.05, 0) is 49.8 Å². The van der Waals surface area contributed by atoms with Gasteiger partial charge in [0.1, 0.15) is 5.75 Å². The standard InChI is InChI=1S/C21H21NO/c1-16-10-12-17(13-11-16)5-4-14-23-20-9-3-7-18-6-2-8-19(15-22)21(18)20/h3,7-13H,2,4-6,14H2,1H3. The lowest BCUT2D eigenvalue weighted by Crippen LogP contribution is -2.05. The third kappa shape index (κ3) is 3.63. The van der Waals surface area contributed by atoms with Crippen LogP contribution in [0.2, 0.25) is 0 Å². The summed E-state index contributed by atoms with van der Waals surface area (Å²) in [5.41, 5.74) is 5.60. The van der Waals surface area contributed by atoms with Gasteiger partial charge in [0.25, 0.3) is 0 Å². The Bertz CT molecular complexity index is 750. The average molecular weight is 303 g/mol. The number of ether oxygens (including phenoxy) is 1. The second kappa shape index (κ2) is 7.15. The fraction of sp³-hybridized carbons (Fsp3) is 0.286. The Hall–Kier alpha value is -2.53. The van der Waals surface area contributed by atoms with Crippen LogP contribution in [0, 0.1) is 18.3 Å². The van der Waals surface area contributed by atoms with E-state index in [9.17, 15) is 5.26 Å². The first kappa shape index (κ1) is 15.4. The van der Waals surface area contributed by atoms with Crippen LogP contribution >= 0.6 is 0 Å². The van der Waals surface area contributed by atoms with Crippen molar-refractivity contribution in [3.63, 3.8) is 0 Å². The fourth-order valence-electron chi connectivity index (χ4n) is 3.00. The van der Waals surface area contributed by atoms with E-state index in [0.717, 1.165) is 42.6 Å². The van der Waals surface area contributed by atoms with Gasteiger partial charge in [-0.2, -0.15) is 5.26 Å². The molecule has 23 heavy (non-hydrogen) atoms. The molecule has 0 atom stereocenters. The van der Waals surface area contributed by atoms with Crippen LogP contribution in [0.25, 0.3) is 5.57 Å². The Kier molecular flexibility index (Phi) is 4.78. The lowest BCUT2D eigenvalue weighted by Gasteiger charge is -2.18. The highest BCUT2D eigenvalue weighted by molar-refractivity contribution is 5.83. The summed E-state index contributed by atoms with van der Waals surface area (Å²) in [5.74, 6) is 0.846. The van der Waals surface area contributed by atoms with Crippen molar-refractivity contribution in [2.24, 2.45) is 0 Å². The van der Waals surface area contributed by atoms with Gasteiger partial charge in [0, 0.05) is 5.56 Å². The van der Waals surface area contributed by atoms with Crippen molar-refractivity contribution >= 4 is 5.57 Å². The van der Waals surface area contributed by atoms with E-state index < -0.39 is 0 Å². The first-order valence-electron chi connectivity index (χ1n) is 8.19. The normalized spacial score (nSPS) is 13.0. The summed E-state index contributed by atoms with van der Waals surface area (Å²) >= 11 is 0. The minimum atomic E-state index is 0.670. The highest BCUT2D eigenvalue weighted by atomic mass is 16.5. The quantitative estimate of drug-likeness (QED) is 0.739. The monoisotopic (exact) mass is 303 g/mol. The van der Waals surface area contributed by atoms with Crippen LogP contribution in [0.1, 0.15) is 35.1 Å². The minimum absolute atomic E-state index is 0.670. The molecule has 0 amide bonds. The maximum atomic E-state index is 9.33. The molecule has 2 heteroatoms. The van der Waals surface area contributed by atoms with Gasteiger partial charge in [-0.25, -0.2) is 0 Å². The predicted octanol–water partition coefficient (Wildman–Crippen LogP) is 4.86. The summed E-state index contributed by atoms with van der Waals surface area (Å²) in [4.78, 5) is 0. The third-order valence-electron chi connectivity index (χ3n) is 4.25. The minimum Gasteiger partial charge on any atom is -0.493 e. The summed E-state index contributed by atoms with van der Waals surface area (Å²) in [6.45, 7) is 2.77. The molecular formula is C21H21NO. The van der Waals surface area contributed by atoms with E-state index in [-0.39, 0.29) is 0 Å². The van der Waals surface area contributed by atoms with Crippen molar-refractivity contribution in [3.8, 4) is 11.8 Å². The number of benzene rings is 2. The van der Waals surface area contributed by atoms with Crippen molar-refractivity contribution in [1.29, 1.82) is 5.26 Å². The Labute approximate surface area is 138 Å². The molecule has 0 saturated carbocycles. The summed E-state index contributed by atoms with van der Waals surface area (Å²) in [5, 5.41) is 9.33. The molecule has 0 unspecified atom stereocenters. The molecular weight excluding hydrogens is 282 g/mol. The molecule has 0 heterocycles. The van der Waals surface area contributed by atoms with Gasteiger partial charge in [0.15, 0.2) is 0 Å². The number of nitrogens with zero attached hydrogens (tertiary/aromatic N) is 1. The highest BCUT2D eigenvalue weighted by Crippen LogP contribution is 2.33. The van der Waals surface area contributed by atoms with E-state index in [4.69, 9.17) is 4.74 Å². The van der Waals surface area contributed by atoms with Crippen LogP contribution in [0.15, 0.2) is 48.5 Å². The van der Waals surface area contributed by atoms with Crippen LogP contribution < -0.4 is 4.74 Å². The number of hydrogen-bond acceptors (Lipinski definition) is 2. The second-order valence-electron chi connectivity index (χ2n) is 6.00. The number of hydrogen-bond donors (Lipinski definition) is 0. The molecule has 3 rings (SSSR count). The number of rotatable bonds is 5. The smallest absolute Gasteiger partial charge is 0.128 e. The van der Waals surface area contributed by atoms with Crippen LogP contribution in [0.4, 0.5) is 0 Å². The van der Waals surface area contributed by atoms with E-state index in [2.05, 4.69) is 43.3 Å². The highest BCUT2D eigenvalue weighted by Gasteiger charge is 2.17. The van der Waals surface area contributed by atoms with Crippen LogP contribution in [-0.2, 0) is 12.8 Å². The molecule has 2 aromatic rings. The maximum Gasteiger partial charge on any atom is 0.128 e. The molecule has 0 bridgehead atoms. The lowest BCUT2D eigenvalue weighted by molar-refractivity contribution is 0.310. The Morgan fingerprint density at radius 3 is 2.74 bits per heavy atom. The van der Waals surface area contributed by atoms with E-state index in [1.165, 1.54) is 16.7 Å².